The number of benzene rings is 1. The monoisotopic (exact) mass is 245 g/mol. The van der Waals surface area contributed by atoms with Crippen molar-refractivity contribution in [3.63, 3.8) is 0 Å². The maximum atomic E-state index is 6.36. The van der Waals surface area contributed by atoms with Crippen molar-refractivity contribution in [2.75, 3.05) is 32.7 Å². The van der Waals surface area contributed by atoms with E-state index in [1.165, 1.54) is 36.0 Å². The topological polar surface area (TPSA) is 41.3 Å². The minimum absolute atomic E-state index is 0.161. The maximum Gasteiger partial charge on any atom is 0.0424 e. The molecule has 0 bridgehead atoms. The summed E-state index contributed by atoms with van der Waals surface area (Å²) in [7, 11) is 0. The zero-order valence-electron chi connectivity index (χ0n) is 11.0. The van der Waals surface area contributed by atoms with Gasteiger partial charge in [-0.2, -0.15) is 0 Å². The van der Waals surface area contributed by atoms with E-state index >= 15 is 0 Å². The van der Waals surface area contributed by atoms with Crippen LogP contribution in [0, 0.1) is 0 Å². The van der Waals surface area contributed by atoms with Crippen LogP contribution in [0.5, 0.6) is 0 Å². The van der Waals surface area contributed by atoms with E-state index in [1.807, 2.05) is 0 Å². The van der Waals surface area contributed by atoms with Crippen LogP contribution in [0.1, 0.15) is 29.2 Å². The second-order valence-electron chi connectivity index (χ2n) is 5.54. The number of hydrogen-bond acceptors (Lipinski definition) is 3. The average molecular weight is 245 g/mol. The molecule has 0 amide bonds. The molecule has 3 rings (SSSR count). The molecular weight excluding hydrogens is 222 g/mol. The number of nitrogens with two attached hydrogens (primary N) is 1. The molecule has 3 N–H and O–H groups in total. The van der Waals surface area contributed by atoms with E-state index in [2.05, 4.69) is 28.4 Å². The molecule has 1 aromatic carbocycles. The van der Waals surface area contributed by atoms with Crippen LogP contribution in [-0.2, 0) is 12.8 Å². The fraction of sp³-hybridized carbons (Fsp3) is 0.600. The SMILES string of the molecule is NC(CN1CCNCC1)c1ccc2c(c1)CCC2. The predicted molar refractivity (Wildman–Crippen MR) is 74.7 cm³/mol. The number of fused-ring (bicyclic) bond motifs is 1. The molecule has 0 spiro atoms. The second kappa shape index (κ2) is 5.39. The number of nitrogens with zero attached hydrogens (tertiary/aromatic N) is 1. The number of hydrogen-bond donors (Lipinski definition) is 2. The molecule has 0 radical (unpaired) electrons. The van der Waals surface area contributed by atoms with E-state index in [1.54, 1.807) is 0 Å². The summed E-state index contributed by atoms with van der Waals surface area (Å²) in [6, 6.07) is 7.02. The van der Waals surface area contributed by atoms with Crippen LogP contribution < -0.4 is 11.1 Å². The third-order valence-corrected chi connectivity index (χ3v) is 4.22. The third kappa shape index (κ3) is 2.58. The zero-order valence-corrected chi connectivity index (χ0v) is 11.0. The lowest BCUT2D eigenvalue weighted by atomic mass is 10.0. The highest BCUT2D eigenvalue weighted by atomic mass is 15.2. The molecule has 0 aromatic heterocycles. The van der Waals surface area contributed by atoms with Gasteiger partial charge in [0.2, 0.25) is 0 Å². The third-order valence-electron chi connectivity index (χ3n) is 4.22. The van der Waals surface area contributed by atoms with Gasteiger partial charge in [-0.05, 0) is 36.0 Å². The fourth-order valence-electron chi connectivity index (χ4n) is 3.10. The van der Waals surface area contributed by atoms with Gasteiger partial charge in [0, 0.05) is 38.8 Å². The number of rotatable bonds is 3. The van der Waals surface area contributed by atoms with Crippen molar-refractivity contribution >= 4 is 0 Å². The highest BCUT2D eigenvalue weighted by Gasteiger charge is 2.17. The van der Waals surface area contributed by atoms with E-state index in [0.717, 1.165) is 32.7 Å². The first-order chi connectivity index (χ1) is 8.83. The Morgan fingerprint density at radius 3 is 2.78 bits per heavy atom. The molecule has 1 saturated heterocycles. The van der Waals surface area contributed by atoms with Gasteiger partial charge in [0.15, 0.2) is 0 Å². The van der Waals surface area contributed by atoms with Gasteiger partial charge in [0.05, 0.1) is 0 Å². The second-order valence-corrected chi connectivity index (χ2v) is 5.54. The van der Waals surface area contributed by atoms with Gasteiger partial charge in [0.1, 0.15) is 0 Å². The Hall–Kier alpha value is -0.900. The van der Waals surface area contributed by atoms with Crippen molar-refractivity contribution in [1.29, 1.82) is 0 Å². The summed E-state index contributed by atoms with van der Waals surface area (Å²) in [5.74, 6) is 0. The lowest BCUT2D eigenvalue weighted by molar-refractivity contribution is 0.228. The van der Waals surface area contributed by atoms with Crippen molar-refractivity contribution in [2.24, 2.45) is 5.73 Å². The van der Waals surface area contributed by atoms with Crippen LogP contribution in [-0.4, -0.2) is 37.6 Å². The molecule has 1 aliphatic carbocycles. The first-order valence-corrected chi connectivity index (χ1v) is 7.13. The Kier molecular flexibility index (Phi) is 3.64. The molecular formula is C15H23N3. The van der Waals surface area contributed by atoms with Gasteiger partial charge in [-0.1, -0.05) is 18.2 Å². The van der Waals surface area contributed by atoms with Gasteiger partial charge in [-0.3, -0.25) is 4.90 Å². The smallest absolute Gasteiger partial charge is 0.0424 e. The van der Waals surface area contributed by atoms with Crippen molar-refractivity contribution in [3.8, 4) is 0 Å². The van der Waals surface area contributed by atoms with Gasteiger partial charge < -0.3 is 11.1 Å². The summed E-state index contributed by atoms with van der Waals surface area (Å²) in [6.45, 7) is 5.42. The van der Waals surface area contributed by atoms with Gasteiger partial charge in [0.25, 0.3) is 0 Å². The molecule has 2 aliphatic rings. The Morgan fingerprint density at radius 2 is 1.94 bits per heavy atom. The molecule has 1 heterocycles. The quantitative estimate of drug-likeness (QED) is 0.837. The van der Waals surface area contributed by atoms with Crippen molar-refractivity contribution in [2.45, 2.75) is 25.3 Å². The lowest BCUT2D eigenvalue weighted by Gasteiger charge is -2.29. The Morgan fingerprint density at radius 1 is 1.17 bits per heavy atom. The predicted octanol–water partition coefficient (Wildman–Crippen LogP) is 1.08. The van der Waals surface area contributed by atoms with Crippen LogP contribution in [0.3, 0.4) is 0 Å². The molecule has 3 nitrogen and oxygen atoms in total. The fourth-order valence-corrected chi connectivity index (χ4v) is 3.10. The first-order valence-electron chi connectivity index (χ1n) is 7.13. The summed E-state index contributed by atoms with van der Waals surface area (Å²) >= 11 is 0. The van der Waals surface area contributed by atoms with Crippen LogP contribution >= 0.6 is 0 Å². The Labute approximate surface area is 109 Å². The maximum absolute atomic E-state index is 6.36. The molecule has 1 atom stereocenters. The average Bonchev–Trinajstić information content (AvgIpc) is 2.87. The summed E-state index contributed by atoms with van der Waals surface area (Å²) in [5, 5.41) is 3.38. The number of nitrogens with one attached hydrogen (secondary N) is 1. The minimum Gasteiger partial charge on any atom is -0.323 e. The Balaban J connectivity index is 1.66. The molecule has 0 saturated carbocycles. The number of piperazine rings is 1. The van der Waals surface area contributed by atoms with Crippen LogP contribution in [0.2, 0.25) is 0 Å². The zero-order chi connectivity index (χ0) is 12.4. The highest BCUT2D eigenvalue weighted by molar-refractivity contribution is 5.36. The molecule has 1 fully saturated rings. The standard InChI is InChI=1S/C15H23N3/c16-15(11-18-8-6-17-7-9-18)14-5-4-12-2-1-3-13(12)10-14/h4-5,10,15,17H,1-3,6-9,11,16H2. The first kappa shape index (κ1) is 12.2. The van der Waals surface area contributed by atoms with E-state index in [0.29, 0.717) is 0 Å². The lowest BCUT2D eigenvalue weighted by Crippen LogP contribution is -2.45. The normalized spacial score (nSPS) is 21.8. The van der Waals surface area contributed by atoms with E-state index in [4.69, 9.17) is 5.73 Å². The van der Waals surface area contributed by atoms with Crippen molar-refractivity contribution < 1.29 is 0 Å². The molecule has 1 aromatic rings. The molecule has 1 unspecified atom stereocenters. The highest BCUT2D eigenvalue weighted by Crippen LogP contribution is 2.25. The minimum atomic E-state index is 0.161. The van der Waals surface area contributed by atoms with Gasteiger partial charge >= 0.3 is 0 Å². The summed E-state index contributed by atoms with van der Waals surface area (Å²) in [6.07, 6.45) is 3.80. The van der Waals surface area contributed by atoms with Crippen molar-refractivity contribution in [1.82, 2.24) is 10.2 Å². The summed E-state index contributed by atoms with van der Waals surface area (Å²) in [4.78, 5) is 2.47. The van der Waals surface area contributed by atoms with E-state index < -0.39 is 0 Å². The van der Waals surface area contributed by atoms with Crippen molar-refractivity contribution in [3.05, 3.63) is 34.9 Å². The van der Waals surface area contributed by atoms with Crippen LogP contribution in [0.4, 0.5) is 0 Å². The van der Waals surface area contributed by atoms with Gasteiger partial charge in [-0.25, -0.2) is 0 Å². The van der Waals surface area contributed by atoms with E-state index in [-0.39, 0.29) is 6.04 Å². The molecule has 3 heteroatoms. The number of aryl methyl sites for hydroxylation is 2. The molecule has 18 heavy (non-hydrogen) atoms. The van der Waals surface area contributed by atoms with Crippen LogP contribution in [0.15, 0.2) is 18.2 Å². The van der Waals surface area contributed by atoms with Gasteiger partial charge in [-0.15, -0.1) is 0 Å². The molecule has 1 aliphatic heterocycles. The largest absolute Gasteiger partial charge is 0.323 e. The molecule has 98 valence electrons. The summed E-state index contributed by atoms with van der Waals surface area (Å²) in [5.41, 5.74) is 10.7. The van der Waals surface area contributed by atoms with Crippen LogP contribution in [0.25, 0.3) is 0 Å². The summed E-state index contributed by atoms with van der Waals surface area (Å²) < 4.78 is 0. The van der Waals surface area contributed by atoms with E-state index in [9.17, 15) is 0 Å². The Bertz CT molecular complexity index is 410.